The summed E-state index contributed by atoms with van der Waals surface area (Å²) in [6.07, 6.45) is 1.54. The van der Waals surface area contributed by atoms with Crippen LogP contribution in [0, 0.1) is 21.4 Å². The summed E-state index contributed by atoms with van der Waals surface area (Å²) >= 11 is 1.28. The molecule has 1 N–H and O–H groups in total. The molecule has 0 aliphatic rings. The van der Waals surface area contributed by atoms with E-state index < -0.39 is 4.92 Å². The zero-order valence-electron chi connectivity index (χ0n) is 14.7. The Labute approximate surface area is 164 Å². The molecule has 0 spiro atoms. The number of nitro groups is 1. The highest BCUT2D eigenvalue weighted by Crippen LogP contribution is 2.28. The van der Waals surface area contributed by atoms with Gasteiger partial charge in [0, 0.05) is 40.5 Å². The van der Waals surface area contributed by atoms with Crippen LogP contribution in [0.25, 0.3) is 16.8 Å². The first-order valence-electron chi connectivity index (χ1n) is 8.16. The fraction of sp³-hybridized carbons (Fsp3) is 0.0500. The Bertz CT molecular complexity index is 1110. The second-order valence-electron chi connectivity index (χ2n) is 5.79. The predicted octanol–water partition coefficient (Wildman–Crippen LogP) is 4.90. The van der Waals surface area contributed by atoms with Gasteiger partial charge in [-0.2, -0.15) is 5.26 Å². The first-order chi connectivity index (χ1) is 13.5. The number of benzene rings is 2. The molecule has 2 aromatic carbocycles. The minimum Gasteiger partial charge on any atom is -0.360 e. The molecule has 8 heteroatoms. The van der Waals surface area contributed by atoms with Crippen LogP contribution < -0.4 is 5.32 Å². The van der Waals surface area contributed by atoms with Gasteiger partial charge in [-0.05, 0) is 31.2 Å². The fourth-order valence-corrected chi connectivity index (χ4v) is 3.20. The molecule has 1 aromatic heterocycles. The number of allylic oxidation sites excluding steroid dienone is 1. The number of carbonyl (C=O) groups excluding carboxylic acids is 1. The molecule has 138 valence electrons. The molecule has 28 heavy (non-hydrogen) atoms. The maximum absolute atomic E-state index is 11.3. The van der Waals surface area contributed by atoms with Crippen LogP contribution in [0.4, 0.5) is 11.4 Å². The van der Waals surface area contributed by atoms with E-state index in [9.17, 15) is 20.2 Å². The minimum atomic E-state index is -0.460. The lowest BCUT2D eigenvalue weighted by Crippen LogP contribution is -1.94. The van der Waals surface area contributed by atoms with Crippen molar-refractivity contribution in [1.82, 2.24) is 4.98 Å². The van der Waals surface area contributed by atoms with Crippen molar-refractivity contribution in [3.8, 4) is 17.3 Å². The first-order valence-corrected chi connectivity index (χ1v) is 9.04. The van der Waals surface area contributed by atoms with Crippen LogP contribution >= 0.6 is 11.3 Å². The van der Waals surface area contributed by atoms with E-state index in [1.165, 1.54) is 30.4 Å². The van der Waals surface area contributed by atoms with Crippen LogP contribution in [-0.4, -0.2) is 15.7 Å². The number of carbonyl (C=O) groups is 1. The Morgan fingerprint density at radius 2 is 2.04 bits per heavy atom. The van der Waals surface area contributed by atoms with E-state index >= 15 is 0 Å². The molecule has 0 atom stereocenters. The molecule has 3 rings (SSSR count). The van der Waals surface area contributed by atoms with Crippen LogP contribution in [0.3, 0.4) is 0 Å². The molecule has 1 heterocycles. The Hall–Kier alpha value is -3.83. The van der Waals surface area contributed by atoms with Crippen molar-refractivity contribution in [3.05, 3.63) is 80.8 Å². The zero-order chi connectivity index (χ0) is 20.1. The summed E-state index contributed by atoms with van der Waals surface area (Å²) in [6.45, 7) is 1.50. The van der Waals surface area contributed by atoms with Gasteiger partial charge in [-0.15, -0.1) is 11.3 Å². The van der Waals surface area contributed by atoms with Gasteiger partial charge in [0.1, 0.15) is 16.6 Å². The van der Waals surface area contributed by atoms with Gasteiger partial charge in [0.2, 0.25) is 0 Å². The van der Waals surface area contributed by atoms with Crippen molar-refractivity contribution in [1.29, 1.82) is 5.26 Å². The summed E-state index contributed by atoms with van der Waals surface area (Å²) in [5.41, 5.74) is 2.83. The molecule has 3 aromatic rings. The first kappa shape index (κ1) is 18.9. The topological polar surface area (TPSA) is 109 Å². The van der Waals surface area contributed by atoms with E-state index in [2.05, 4.69) is 16.4 Å². The maximum Gasteiger partial charge on any atom is 0.270 e. The second-order valence-corrected chi connectivity index (χ2v) is 6.65. The summed E-state index contributed by atoms with van der Waals surface area (Å²) in [7, 11) is 0. The summed E-state index contributed by atoms with van der Waals surface area (Å²) in [5.74, 6) is -0.0173. The molecule has 0 aliphatic carbocycles. The van der Waals surface area contributed by atoms with Crippen LogP contribution in [-0.2, 0) is 0 Å². The number of nitriles is 1. The normalized spacial score (nSPS) is 10.9. The molecule has 0 unspecified atom stereocenters. The number of rotatable bonds is 6. The number of hydrogen-bond acceptors (Lipinski definition) is 7. The van der Waals surface area contributed by atoms with Crippen LogP contribution in [0.2, 0.25) is 0 Å². The lowest BCUT2D eigenvalue weighted by molar-refractivity contribution is -0.384. The molecule has 0 fully saturated rings. The van der Waals surface area contributed by atoms with Crippen molar-refractivity contribution in [3.63, 3.8) is 0 Å². The Morgan fingerprint density at radius 3 is 2.68 bits per heavy atom. The number of nitrogens with zero attached hydrogens (tertiary/aromatic N) is 3. The molecule has 0 amide bonds. The van der Waals surface area contributed by atoms with Crippen LogP contribution in [0.15, 0.2) is 60.1 Å². The average molecular weight is 390 g/mol. The molecular formula is C20H14N4O3S. The third-order valence-corrected chi connectivity index (χ3v) is 4.76. The van der Waals surface area contributed by atoms with E-state index in [-0.39, 0.29) is 11.5 Å². The Balaban J connectivity index is 1.81. The van der Waals surface area contributed by atoms with E-state index in [4.69, 9.17) is 0 Å². The minimum absolute atomic E-state index is 0.0150. The number of nitro benzene ring substituents is 1. The van der Waals surface area contributed by atoms with Crippen molar-refractivity contribution < 1.29 is 9.72 Å². The summed E-state index contributed by atoms with van der Waals surface area (Å²) in [5, 5.41) is 25.6. The van der Waals surface area contributed by atoms with Crippen molar-refractivity contribution >= 4 is 34.1 Å². The molecular weight excluding hydrogens is 376 g/mol. The van der Waals surface area contributed by atoms with Gasteiger partial charge in [0.25, 0.3) is 5.69 Å². The van der Waals surface area contributed by atoms with Gasteiger partial charge < -0.3 is 5.32 Å². The number of anilines is 1. The van der Waals surface area contributed by atoms with Crippen molar-refractivity contribution in [2.75, 3.05) is 5.32 Å². The second kappa shape index (κ2) is 8.24. The summed E-state index contributed by atoms with van der Waals surface area (Å²) < 4.78 is 0. The Kier molecular flexibility index (Phi) is 5.58. The standard InChI is InChI=1S/C20H14N4O3S/c1-13(25)14-5-7-17(8-6-14)22-11-16(10-21)20-23-19(12-28-20)15-3-2-4-18(9-15)24(26)27/h2-9,11-12,22H,1H3. The molecule has 7 nitrogen and oxygen atoms in total. The van der Waals surface area contributed by atoms with Gasteiger partial charge in [-0.1, -0.05) is 12.1 Å². The predicted molar refractivity (Wildman–Crippen MR) is 108 cm³/mol. The van der Waals surface area contributed by atoms with E-state index in [0.29, 0.717) is 27.4 Å². The maximum atomic E-state index is 11.3. The van der Waals surface area contributed by atoms with E-state index in [1.807, 2.05) is 0 Å². The highest BCUT2D eigenvalue weighted by molar-refractivity contribution is 7.11. The van der Waals surface area contributed by atoms with Crippen LogP contribution in [0.5, 0.6) is 0 Å². The number of nitrogens with one attached hydrogen (secondary N) is 1. The fourth-order valence-electron chi connectivity index (χ4n) is 2.41. The molecule has 0 saturated heterocycles. The van der Waals surface area contributed by atoms with Gasteiger partial charge >= 0.3 is 0 Å². The zero-order valence-corrected chi connectivity index (χ0v) is 15.6. The third-order valence-electron chi connectivity index (χ3n) is 3.88. The number of aromatic nitrogens is 1. The number of Topliss-reactive ketones (excluding diaryl/α,β-unsaturated/α-hetero) is 1. The van der Waals surface area contributed by atoms with Gasteiger partial charge in [0.05, 0.1) is 10.6 Å². The van der Waals surface area contributed by atoms with Gasteiger partial charge in [-0.25, -0.2) is 4.98 Å². The molecule has 0 saturated carbocycles. The number of thiazole rings is 1. The number of hydrogen-bond donors (Lipinski definition) is 1. The van der Waals surface area contributed by atoms with Crippen molar-refractivity contribution in [2.45, 2.75) is 6.92 Å². The lowest BCUT2D eigenvalue weighted by atomic mass is 10.1. The quantitative estimate of drug-likeness (QED) is 0.277. The summed E-state index contributed by atoms with van der Waals surface area (Å²) in [6, 6.07) is 15.2. The third kappa shape index (κ3) is 4.28. The highest BCUT2D eigenvalue weighted by atomic mass is 32.1. The van der Waals surface area contributed by atoms with Gasteiger partial charge in [-0.3, -0.25) is 14.9 Å². The smallest absolute Gasteiger partial charge is 0.270 e. The lowest BCUT2D eigenvalue weighted by Gasteiger charge is -2.02. The SMILES string of the molecule is CC(=O)c1ccc(NC=C(C#N)c2nc(-c3cccc([N+](=O)[O-])c3)cs2)cc1. The van der Waals surface area contributed by atoms with E-state index in [1.54, 1.807) is 48.0 Å². The molecule has 0 radical (unpaired) electrons. The number of non-ortho nitro benzene ring substituents is 1. The monoisotopic (exact) mass is 390 g/mol. The molecule has 0 aliphatic heterocycles. The summed E-state index contributed by atoms with van der Waals surface area (Å²) in [4.78, 5) is 26.2. The van der Waals surface area contributed by atoms with Crippen molar-refractivity contribution in [2.24, 2.45) is 0 Å². The van der Waals surface area contributed by atoms with Crippen LogP contribution in [0.1, 0.15) is 22.3 Å². The average Bonchev–Trinajstić information content (AvgIpc) is 3.19. The number of ketones is 1. The Morgan fingerprint density at radius 1 is 1.29 bits per heavy atom. The highest BCUT2D eigenvalue weighted by Gasteiger charge is 2.12. The molecule has 0 bridgehead atoms. The largest absolute Gasteiger partial charge is 0.360 e. The van der Waals surface area contributed by atoms with Gasteiger partial charge in [0.15, 0.2) is 5.78 Å². The van der Waals surface area contributed by atoms with E-state index in [0.717, 1.165) is 5.69 Å².